The molecule has 2 fully saturated rings. The predicted molar refractivity (Wildman–Crippen MR) is 88.6 cm³/mol. The average Bonchev–Trinajstić information content (AvgIpc) is 3.09. The van der Waals surface area contributed by atoms with Crippen LogP contribution in [0.5, 0.6) is 0 Å². The Bertz CT molecular complexity index is 602. The van der Waals surface area contributed by atoms with Gasteiger partial charge < -0.3 is 0 Å². The molecule has 2 aromatic rings. The Hall–Kier alpha value is -1.38. The molecule has 2 aliphatic heterocycles. The predicted octanol–water partition coefficient (Wildman–Crippen LogP) is 4.26. The molecule has 1 aromatic carbocycles. The summed E-state index contributed by atoms with van der Waals surface area (Å²) in [4.78, 5) is 7.21. The Morgan fingerprint density at radius 1 is 0.905 bits per heavy atom. The molecule has 0 saturated carbocycles. The second kappa shape index (κ2) is 5.78. The molecule has 0 atom stereocenters. The van der Waals surface area contributed by atoms with Gasteiger partial charge in [-0.3, -0.25) is 9.88 Å². The molecule has 0 N–H and O–H groups in total. The van der Waals surface area contributed by atoms with Crippen LogP contribution in [-0.4, -0.2) is 23.0 Å². The number of pyridine rings is 1. The molecule has 110 valence electrons. The number of halogens is 1. The summed E-state index contributed by atoms with van der Waals surface area (Å²) >= 11 is 0. The van der Waals surface area contributed by atoms with Crippen LogP contribution in [0.4, 0.5) is 0 Å². The van der Waals surface area contributed by atoms with Crippen LogP contribution in [0.1, 0.15) is 31.2 Å². The van der Waals surface area contributed by atoms with Gasteiger partial charge in [0, 0.05) is 23.5 Å². The quantitative estimate of drug-likeness (QED) is 0.824. The summed E-state index contributed by atoms with van der Waals surface area (Å²) in [6, 6.07) is 13.0. The number of fused-ring (bicyclic) bond motifs is 1. The number of benzene rings is 1. The zero-order chi connectivity index (χ0) is 13.4. The molecule has 3 heterocycles. The van der Waals surface area contributed by atoms with Gasteiger partial charge in [0.25, 0.3) is 0 Å². The van der Waals surface area contributed by atoms with Crippen molar-refractivity contribution in [1.29, 1.82) is 0 Å². The third-order valence-electron chi connectivity index (χ3n) is 5.02. The molecule has 0 unspecified atom stereocenters. The van der Waals surface area contributed by atoms with Crippen molar-refractivity contribution >= 4 is 12.4 Å². The third-order valence-corrected chi connectivity index (χ3v) is 5.02. The minimum absolute atomic E-state index is 0. The standard InChI is InChI=1S/C18H20N2.ClH/c1-2-6-15(7-3-1)16-12-17(14-19-13-16)18-8-4-10-20(18)11-5-9-18;/h1-3,6-7,12-14H,4-5,8-11H2;1H. The van der Waals surface area contributed by atoms with Gasteiger partial charge >= 0.3 is 0 Å². The minimum Gasteiger partial charge on any atom is -0.294 e. The zero-order valence-electron chi connectivity index (χ0n) is 12.2. The molecule has 4 rings (SSSR count). The zero-order valence-corrected chi connectivity index (χ0v) is 13.0. The van der Waals surface area contributed by atoms with Gasteiger partial charge in [-0.25, -0.2) is 0 Å². The number of rotatable bonds is 2. The van der Waals surface area contributed by atoms with E-state index >= 15 is 0 Å². The molecule has 3 heteroatoms. The van der Waals surface area contributed by atoms with E-state index in [1.807, 2.05) is 6.20 Å². The van der Waals surface area contributed by atoms with Gasteiger partial charge in [0.2, 0.25) is 0 Å². The number of nitrogens with zero attached hydrogens (tertiary/aromatic N) is 2. The summed E-state index contributed by atoms with van der Waals surface area (Å²) in [7, 11) is 0. The third kappa shape index (κ3) is 2.37. The first-order chi connectivity index (χ1) is 9.88. The van der Waals surface area contributed by atoms with Gasteiger partial charge in [-0.05, 0) is 56.0 Å². The van der Waals surface area contributed by atoms with Crippen LogP contribution in [0.3, 0.4) is 0 Å². The van der Waals surface area contributed by atoms with E-state index in [4.69, 9.17) is 0 Å². The van der Waals surface area contributed by atoms with E-state index in [1.54, 1.807) is 0 Å². The van der Waals surface area contributed by atoms with Crippen molar-refractivity contribution in [2.75, 3.05) is 13.1 Å². The fourth-order valence-corrected chi connectivity index (χ4v) is 4.06. The number of hydrogen-bond donors (Lipinski definition) is 0. The molecular formula is C18H21ClN2. The van der Waals surface area contributed by atoms with Gasteiger partial charge in [-0.1, -0.05) is 30.3 Å². The van der Waals surface area contributed by atoms with Crippen LogP contribution in [-0.2, 0) is 5.54 Å². The topological polar surface area (TPSA) is 16.1 Å². The SMILES string of the molecule is Cl.c1ccc(-c2cncc(C34CCCN3CCC4)c2)cc1. The van der Waals surface area contributed by atoms with E-state index in [0.717, 1.165) is 0 Å². The highest BCUT2D eigenvalue weighted by molar-refractivity contribution is 5.85. The van der Waals surface area contributed by atoms with Crippen LogP contribution < -0.4 is 0 Å². The maximum atomic E-state index is 4.53. The monoisotopic (exact) mass is 300 g/mol. The Balaban J connectivity index is 0.00000132. The molecule has 1 aromatic heterocycles. The summed E-state index contributed by atoms with van der Waals surface area (Å²) in [5.74, 6) is 0. The van der Waals surface area contributed by atoms with Gasteiger partial charge in [0.1, 0.15) is 0 Å². The lowest BCUT2D eigenvalue weighted by Crippen LogP contribution is -2.35. The maximum absolute atomic E-state index is 4.53. The summed E-state index contributed by atoms with van der Waals surface area (Å²) in [6.45, 7) is 2.52. The molecule has 21 heavy (non-hydrogen) atoms. The summed E-state index contributed by atoms with van der Waals surface area (Å²) in [6.07, 6.45) is 9.34. The summed E-state index contributed by atoms with van der Waals surface area (Å²) < 4.78 is 0. The fraction of sp³-hybridized carbons (Fsp3) is 0.389. The maximum Gasteiger partial charge on any atom is 0.0477 e. The van der Waals surface area contributed by atoms with E-state index < -0.39 is 0 Å². The van der Waals surface area contributed by atoms with E-state index in [0.29, 0.717) is 0 Å². The van der Waals surface area contributed by atoms with Gasteiger partial charge in [0.15, 0.2) is 0 Å². The van der Waals surface area contributed by atoms with Crippen LogP contribution in [0.15, 0.2) is 48.8 Å². The lowest BCUT2D eigenvalue weighted by molar-refractivity contribution is 0.197. The highest BCUT2D eigenvalue weighted by atomic mass is 35.5. The molecule has 2 nitrogen and oxygen atoms in total. The summed E-state index contributed by atoms with van der Waals surface area (Å²) in [5.41, 5.74) is 4.23. The van der Waals surface area contributed by atoms with Gasteiger partial charge in [0.05, 0.1) is 0 Å². The minimum atomic E-state index is 0. The van der Waals surface area contributed by atoms with E-state index in [9.17, 15) is 0 Å². The van der Waals surface area contributed by atoms with E-state index in [-0.39, 0.29) is 17.9 Å². The normalized spacial score (nSPS) is 20.0. The number of hydrogen-bond acceptors (Lipinski definition) is 2. The Morgan fingerprint density at radius 3 is 2.33 bits per heavy atom. The number of aromatic nitrogens is 1. The van der Waals surface area contributed by atoms with Crippen molar-refractivity contribution in [3.05, 3.63) is 54.4 Å². The van der Waals surface area contributed by atoms with Crippen molar-refractivity contribution in [2.24, 2.45) is 0 Å². The van der Waals surface area contributed by atoms with E-state index in [1.165, 1.54) is 55.5 Å². The van der Waals surface area contributed by atoms with Crippen molar-refractivity contribution in [2.45, 2.75) is 31.2 Å². The van der Waals surface area contributed by atoms with Crippen molar-refractivity contribution in [3.63, 3.8) is 0 Å². The molecule has 0 bridgehead atoms. The van der Waals surface area contributed by atoms with Crippen molar-refractivity contribution in [3.8, 4) is 11.1 Å². The molecule has 2 saturated heterocycles. The van der Waals surface area contributed by atoms with E-state index in [2.05, 4.69) is 52.5 Å². The van der Waals surface area contributed by atoms with Crippen LogP contribution in [0.2, 0.25) is 0 Å². The van der Waals surface area contributed by atoms with Crippen molar-refractivity contribution < 1.29 is 0 Å². The Morgan fingerprint density at radius 2 is 1.62 bits per heavy atom. The molecule has 2 aliphatic rings. The van der Waals surface area contributed by atoms with Gasteiger partial charge in [-0.2, -0.15) is 0 Å². The lowest BCUT2D eigenvalue weighted by atomic mass is 9.86. The van der Waals surface area contributed by atoms with Crippen LogP contribution in [0.25, 0.3) is 11.1 Å². The van der Waals surface area contributed by atoms with Gasteiger partial charge in [-0.15, -0.1) is 12.4 Å². The Labute approximate surface area is 132 Å². The first-order valence-electron chi connectivity index (χ1n) is 7.64. The second-order valence-electron chi connectivity index (χ2n) is 6.05. The highest BCUT2D eigenvalue weighted by Gasteiger charge is 2.45. The highest BCUT2D eigenvalue weighted by Crippen LogP contribution is 2.47. The molecule has 0 aliphatic carbocycles. The molecular weight excluding hydrogens is 280 g/mol. The average molecular weight is 301 g/mol. The molecule has 0 radical (unpaired) electrons. The second-order valence-corrected chi connectivity index (χ2v) is 6.05. The van der Waals surface area contributed by atoms with Crippen molar-refractivity contribution in [1.82, 2.24) is 9.88 Å². The largest absolute Gasteiger partial charge is 0.294 e. The first kappa shape index (κ1) is 14.6. The molecule has 0 amide bonds. The Kier molecular flexibility index (Phi) is 4.01. The smallest absolute Gasteiger partial charge is 0.0477 e. The lowest BCUT2D eigenvalue weighted by Gasteiger charge is -2.32. The summed E-state index contributed by atoms with van der Waals surface area (Å²) in [5, 5.41) is 0. The van der Waals surface area contributed by atoms with Crippen LogP contribution in [0, 0.1) is 0 Å². The first-order valence-corrected chi connectivity index (χ1v) is 7.64. The molecule has 0 spiro atoms. The van der Waals surface area contributed by atoms with Crippen LogP contribution >= 0.6 is 12.4 Å². The fourth-order valence-electron chi connectivity index (χ4n) is 4.06.